The molecule has 0 aliphatic heterocycles. The minimum Gasteiger partial charge on any atom is -0.396 e. The van der Waals surface area contributed by atoms with Crippen molar-refractivity contribution in [2.75, 3.05) is 17.7 Å². The zero-order valence-electron chi connectivity index (χ0n) is 12.8. The third kappa shape index (κ3) is 3.83. The Kier molecular flexibility index (Phi) is 5.39. The van der Waals surface area contributed by atoms with E-state index in [-0.39, 0.29) is 6.61 Å². The van der Waals surface area contributed by atoms with Crippen LogP contribution in [0.3, 0.4) is 0 Å². The molecule has 0 amide bonds. The number of benzene rings is 1. The Morgan fingerprint density at radius 2 is 2.18 bits per heavy atom. The maximum Gasteiger partial charge on any atom is 0.0900 e. The standard InChI is InChI=1S/C17H22N2OS2/c1-12-18-15-4-2-5-16(17(15)22-12)19-13-6-8-14(9-7-13)21-11-3-10-20/h6-9,16,19-20H,2-5,10-11H2,1H3. The van der Waals surface area contributed by atoms with Gasteiger partial charge >= 0.3 is 0 Å². The number of aliphatic hydroxyl groups is 1. The highest BCUT2D eigenvalue weighted by molar-refractivity contribution is 7.99. The monoisotopic (exact) mass is 334 g/mol. The SMILES string of the molecule is Cc1nc2c(s1)C(Nc1ccc(SCCCO)cc1)CCC2. The van der Waals surface area contributed by atoms with Crippen LogP contribution in [0.2, 0.25) is 0 Å². The Bertz CT molecular complexity index is 610. The van der Waals surface area contributed by atoms with E-state index in [1.807, 2.05) is 11.3 Å². The summed E-state index contributed by atoms with van der Waals surface area (Å²) < 4.78 is 0. The molecule has 1 unspecified atom stereocenters. The fourth-order valence-corrected chi connectivity index (χ4v) is 4.68. The molecular weight excluding hydrogens is 312 g/mol. The number of thioether (sulfide) groups is 1. The summed E-state index contributed by atoms with van der Waals surface area (Å²) in [6.45, 7) is 2.36. The maximum atomic E-state index is 8.83. The molecule has 0 spiro atoms. The molecule has 0 saturated carbocycles. The molecule has 0 bridgehead atoms. The van der Waals surface area contributed by atoms with E-state index < -0.39 is 0 Å². The zero-order chi connectivity index (χ0) is 15.4. The molecule has 3 rings (SSSR count). The number of nitrogens with zero attached hydrogens (tertiary/aromatic N) is 1. The van der Waals surface area contributed by atoms with Gasteiger partial charge in [-0.3, -0.25) is 0 Å². The quantitative estimate of drug-likeness (QED) is 0.606. The molecule has 1 aromatic carbocycles. The van der Waals surface area contributed by atoms with E-state index in [2.05, 4.69) is 41.5 Å². The van der Waals surface area contributed by atoms with Crippen LogP contribution in [-0.2, 0) is 6.42 Å². The van der Waals surface area contributed by atoms with E-state index in [1.165, 1.54) is 39.0 Å². The van der Waals surface area contributed by atoms with Crippen LogP contribution < -0.4 is 5.32 Å². The summed E-state index contributed by atoms with van der Waals surface area (Å²) in [5, 5.41) is 13.7. The number of aliphatic hydroxyl groups excluding tert-OH is 1. The molecule has 0 radical (unpaired) electrons. The molecule has 1 aliphatic rings. The fraction of sp³-hybridized carbons (Fsp3) is 0.471. The number of hydrogen-bond acceptors (Lipinski definition) is 5. The van der Waals surface area contributed by atoms with Crippen molar-refractivity contribution in [3.05, 3.63) is 39.8 Å². The molecule has 1 atom stereocenters. The highest BCUT2D eigenvalue weighted by Gasteiger charge is 2.23. The minimum absolute atomic E-state index is 0.269. The van der Waals surface area contributed by atoms with Gasteiger partial charge in [-0.15, -0.1) is 23.1 Å². The number of aromatic nitrogens is 1. The molecule has 0 saturated heterocycles. The van der Waals surface area contributed by atoms with Crippen molar-refractivity contribution in [1.82, 2.24) is 4.98 Å². The Morgan fingerprint density at radius 3 is 2.95 bits per heavy atom. The first-order chi connectivity index (χ1) is 10.8. The van der Waals surface area contributed by atoms with Crippen molar-refractivity contribution in [3.8, 4) is 0 Å². The Labute approximate surface area is 140 Å². The third-order valence-corrected chi connectivity index (χ3v) is 6.05. The first kappa shape index (κ1) is 15.8. The Hall–Kier alpha value is -1.04. The largest absolute Gasteiger partial charge is 0.396 e. The second-order valence-electron chi connectivity index (χ2n) is 5.58. The summed E-state index contributed by atoms with van der Waals surface area (Å²) >= 11 is 3.63. The van der Waals surface area contributed by atoms with Gasteiger partial charge in [0, 0.05) is 22.9 Å². The minimum atomic E-state index is 0.269. The number of nitrogens with one attached hydrogen (secondary N) is 1. The zero-order valence-corrected chi connectivity index (χ0v) is 14.5. The van der Waals surface area contributed by atoms with Gasteiger partial charge in [0.15, 0.2) is 0 Å². The van der Waals surface area contributed by atoms with E-state index in [0.29, 0.717) is 6.04 Å². The second-order valence-corrected chi connectivity index (χ2v) is 7.99. The fourth-order valence-electron chi connectivity index (χ4n) is 2.78. The van der Waals surface area contributed by atoms with Crippen LogP contribution >= 0.6 is 23.1 Å². The highest BCUT2D eigenvalue weighted by Crippen LogP contribution is 2.36. The number of thiazole rings is 1. The summed E-state index contributed by atoms with van der Waals surface area (Å²) in [5.41, 5.74) is 2.47. The van der Waals surface area contributed by atoms with E-state index in [1.54, 1.807) is 11.8 Å². The van der Waals surface area contributed by atoms with E-state index in [4.69, 9.17) is 5.11 Å². The third-order valence-electron chi connectivity index (χ3n) is 3.82. The van der Waals surface area contributed by atoms with Crippen molar-refractivity contribution in [2.24, 2.45) is 0 Å². The van der Waals surface area contributed by atoms with Crippen molar-refractivity contribution in [3.63, 3.8) is 0 Å². The predicted octanol–water partition coefficient (Wildman–Crippen LogP) is 4.42. The lowest BCUT2D eigenvalue weighted by atomic mass is 9.98. The molecule has 22 heavy (non-hydrogen) atoms. The number of fused-ring (bicyclic) bond motifs is 1. The van der Waals surface area contributed by atoms with Crippen molar-refractivity contribution >= 4 is 28.8 Å². The van der Waals surface area contributed by atoms with Gasteiger partial charge in [-0.1, -0.05) is 0 Å². The molecule has 1 aliphatic carbocycles. The molecule has 1 heterocycles. The van der Waals surface area contributed by atoms with Gasteiger partial charge in [0.2, 0.25) is 0 Å². The van der Waals surface area contributed by atoms with Gasteiger partial charge in [-0.05, 0) is 56.9 Å². The van der Waals surface area contributed by atoms with Gasteiger partial charge in [0.1, 0.15) is 0 Å². The van der Waals surface area contributed by atoms with Crippen LogP contribution in [-0.4, -0.2) is 22.5 Å². The van der Waals surface area contributed by atoms with E-state index in [9.17, 15) is 0 Å². The van der Waals surface area contributed by atoms with Gasteiger partial charge in [0.25, 0.3) is 0 Å². The number of aryl methyl sites for hydroxylation is 2. The van der Waals surface area contributed by atoms with E-state index >= 15 is 0 Å². The van der Waals surface area contributed by atoms with Crippen LogP contribution in [0.5, 0.6) is 0 Å². The van der Waals surface area contributed by atoms with E-state index in [0.717, 1.165) is 18.6 Å². The number of rotatable bonds is 6. The average Bonchev–Trinajstić information content (AvgIpc) is 2.91. The first-order valence-corrected chi connectivity index (χ1v) is 9.63. The lowest BCUT2D eigenvalue weighted by Crippen LogP contribution is -2.15. The first-order valence-electron chi connectivity index (χ1n) is 7.83. The normalized spacial score (nSPS) is 17.3. The van der Waals surface area contributed by atoms with Crippen molar-refractivity contribution in [1.29, 1.82) is 0 Å². The van der Waals surface area contributed by atoms with Crippen molar-refractivity contribution in [2.45, 2.75) is 43.5 Å². The molecular formula is C17H22N2OS2. The van der Waals surface area contributed by atoms with Crippen LogP contribution in [0, 0.1) is 6.92 Å². The molecule has 2 N–H and O–H groups in total. The predicted molar refractivity (Wildman–Crippen MR) is 95.0 cm³/mol. The number of anilines is 1. The second kappa shape index (κ2) is 7.49. The summed E-state index contributed by atoms with van der Waals surface area (Å²) in [4.78, 5) is 7.34. The maximum absolute atomic E-state index is 8.83. The smallest absolute Gasteiger partial charge is 0.0900 e. The van der Waals surface area contributed by atoms with Crippen LogP contribution in [0.4, 0.5) is 5.69 Å². The summed E-state index contributed by atoms with van der Waals surface area (Å²) in [6.07, 6.45) is 4.36. The lowest BCUT2D eigenvalue weighted by molar-refractivity contribution is 0.296. The van der Waals surface area contributed by atoms with Gasteiger partial charge in [-0.25, -0.2) is 4.98 Å². The molecule has 2 aromatic rings. The molecule has 5 heteroatoms. The Morgan fingerprint density at radius 1 is 1.36 bits per heavy atom. The van der Waals surface area contributed by atoms with Crippen molar-refractivity contribution < 1.29 is 5.11 Å². The molecule has 0 fully saturated rings. The Balaban J connectivity index is 1.64. The summed E-state index contributed by atoms with van der Waals surface area (Å²) in [6, 6.07) is 9.04. The molecule has 118 valence electrons. The molecule has 1 aromatic heterocycles. The van der Waals surface area contributed by atoms with Gasteiger partial charge < -0.3 is 10.4 Å². The lowest BCUT2D eigenvalue weighted by Gasteiger charge is -2.23. The van der Waals surface area contributed by atoms with Crippen LogP contribution in [0.1, 0.15) is 40.9 Å². The summed E-state index contributed by atoms with van der Waals surface area (Å²) in [5.74, 6) is 0.968. The average molecular weight is 335 g/mol. The van der Waals surface area contributed by atoms with Gasteiger partial charge in [0.05, 0.1) is 21.6 Å². The molecule has 3 nitrogen and oxygen atoms in total. The van der Waals surface area contributed by atoms with Gasteiger partial charge in [-0.2, -0.15) is 0 Å². The topological polar surface area (TPSA) is 45.2 Å². The number of hydrogen-bond donors (Lipinski definition) is 2. The van der Waals surface area contributed by atoms with Crippen LogP contribution in [0.25, 0.3) is 0 Å². The highest BCUT2D eigenvalue weighted by atomic mass is 32.2. The summed E-state index contributed by atoms with van der Waals surface area (Å²) in [7, 11) is 0. The van der Waals surface area contributed by atoms with Crippen LogP contribution in [0.15, 0.2) is 29.2 Å².